The smallest absolute Gasteiger partial charge is 0.255 e. The second-order valence-electron chi connectivity index (χ2n) is 6.78. The lowest BCUT2D eigenvalue weighted by atomic mass is 10.1. The van der Waals surface area contributed by atoms with Crippen molar-refractivity contribution >= 4 is 22.7 Å². The van der Waals surface area contributed by atoms with Gasteiger partial charge in [-0.15, -0.1) is 0 Å². The minimum absolute atomic E-state index is 0.130. The van der Waals surface area contributed by atoms with Crippen molar-refractivity contribution in [2.24, 2.45) is 0 Å². The summed E-state index contributed by atoms with van der Waals surface area (Å²) in [6, 6.07) is 21.4. The summed E-state index contributed by atoms with van der Waals surface area (Å²) in [6.07, 6.45) is 0.639. The molecule has 0 aliphatic heterocycles. The predicted octanol–water partition coefficient (Wildman–Crippen LogP) is 5.29. The van der Waals surface area contributed by atoms with Gasteiger partial charge >= 0.3 is 0 Å². The van der Waals surface area contributed by atoms with E-state index in [1.165, 1.54) is 0 Å². The Kier molecular flexibility index (Phi) is 4.47. The zero-order chi connectivity index (χ0) is 18.8. The van der Waals surface area contributed by atoms with Gasteiger partial charge in [0.1, 0.15) is 5.52 Å². The first-order valence-electron chi connectivity index (χ1n) is 8.90. The van der Waals surface area contributed by atoms with Gasteiger partial charge in [-0.3, -0.25) is 4.79 Å². The zero-order valence-corrected chi connectivity index (χ0v) is 15.3. The number of hydrogen-bond acceptors (Lipinski definition) is 3. The topological polar surface area (TPSA) is 55.1 Å². The molecule has 4 rings (SSSR count). The first-order valence-corrected chi connectivity index (χ1v) is 8.90. The summed E-state index contributed by atoms with van der Waals surface area (Å²) >= 11 is 0. The summed E-state index contributed by atoms with van der Waals surface area (Å²) in [5, 5.41) is 2.94. The highest BCUT2D eigenvalue weighted by atomic mass is 16.3. The fourth-order valence-corrected chi connectivity index (χ4v) is 3.21. The van der Waals surface area contributed by atoms with E-state index < -0.39 is 0 Å². The van der Waals surface area contributed by atoms with Crippen molar-refractivity contribution < 1.29 is 9.21 Å². The number of aromatic nitrogens is 1. The summed E-state index contributed by atoms with van der Waals surface area (Å²) in [6.45, 7) is 3.97. The van der Waals surface area contributed by atoms with Gasteiger partial charge in [-0.05, 0) is 49.7 Å². The summed E-state index contributed by atoms with van der Waals surface area (Å²) in [5.74, 6) is 0.531. The maximum Gasteiger partial charge on any atom is 0.255 e. The molecular formula is C23H20N2O2. The molecule has 0 saturated carbocycles. The molecule has 0 saturated heterocycles. The molecule has 0 unspecified atom stereocenters. The normalized spacial score (nSPS) is 10.9. The molecule has 0 aliphatic rings. The Hall–Kier alpha value is -3.40. The minimum atomic E-state index is -0.130. The third-order valence-corrected chi connectivity index (χ3v) is 4.37. The molecule has 27 heavy (non-hydrogen) atoms. The van der Waals surface area contributed by atoms with Crippen LogP contribution in [0.15, 0.2) is 71.1 Å². The average molecular weight is 356 g/mol. The van der Waals surface area contributed by atoms with Gasteiger partial charge in [0, 0.05) is 17.7 Å². The van der Waals surface area contributed by atoms with Crippen molar-refractivity contribution in [3.05, 3.63) is 94.9 Å². The Morgan fingerprint density at radius 3 is 2.44 bits per heavy atom. The zero-order valence-electron chi connectivity index (χ0n) is 15.3. The lowest BCUT2D eigenvalue weighted by molar-refractivity contribution is 0.102. The van der Waals surface area contributed by atoms with Crippen LogP contribution in [0.3, 0.4) is 0 Å². The first-order chi connectivity index (χ1) is 13.1. The number of carbonyl (C=O) groups is 1. The van der Waals surface area contributed by atoms with Gasteiger partial charge in [0.15, 0.2) is 11.5 Å². The van der Waals surface area contributed by atoms with Crippen LogP contribution in [0.5, 0.6) is 0 Å². The van der Waals surface area contributed by atoms with E-state index in [4.69, 9.17) is 4.42 Å². The lowest BCUT2D eigenvalue weighted by Gasteiger charge is -2.07. The minimum Gasteiger partial charge on any atom is -0.440 e. The van der Waals surface area contributed by atoms with Crippen LogP contribution in [0.4, 0.5) is 5.69 Å². The fraction of sp³-hybridized carbons (Fsp3) is 0.130. The SMILES string of the molecule is Cc1cc(C)cc(C(=O)Nc2ccc3oc(Cc4ccccc4)nc3c2)c1. The summed E-state index contributed by atoms with van der Waals surface area (Å²) in [7, 11) is 0. The molecule has 4 aromatic rings. The van der Waals surface area contributed by atoms with Gasteiger partial charge in [0.2, 0.25) is 0 Å². The molecule has 1 heterocycles. The molecule has 0 radical (unpaired) electrons. The molecule has 134 valence electrons. The third kappa shape index (κ3) is 3.90. The number of hydrogen-bond donors (Lipinski definition) is 1. The monoisotopic (exact) mass is 356 g/mol. The van der Waals surface area contributed by atoms with Crippen LogP contribution in [0.25, 0.3) is 11.1 Å². The number of fused-ring (bicyclic) bond motifs is 1. The van der Waals surface area contributed by atoms with Gasteiger partial charge in [0.25, 0.3) is 5.91 Å². The van der Waals surface area contributed by atoms with E-state index >= 15 is 0 Å². The van der Waals surface area contributed by atoms with Crippen LogP contribution in [-0.4, -0.2) is 10.9 Å². The van der Waals surface area contributed by atoms with Crippen LogP contribution >= 0.6 is 0 Å². The van der Waals surface area contributed by atoms with Crippen LogP contribution < -0.4 is 5.32 Å². The second-order valence-corrected chi connectivity index (χ2v) is 6.78. The Bertz CT molecular complexity index is 1090. The molecule has 0 bridgehead atoms. The number of amides is 1. The largest absolute Gasteiger partial charge is 0.440 e. The van der Waals surface area contributed by atoms with Crippen molar-refractivity contribution in [2.45, 2.75) is 20.3 Å². The quantitative estimate of drug-likeness (QED) is 0.541. The summed E-state index contributed by atoms with van der Waals surface area (Å²) in [4.78, 5) is 17.1. The standard InChI is InChI=1S/C23H20N2O2/c1-15-10-16(2)12-18(11-15)23(26)24-19-8-9-21-20(14-19)25-22(27-21)13-17-6-4-3-5-7-17/h3-12,14H,13H2,1-2H3,(H,24,26). The van der Waals surface area contributed by atoms with E-state index in [2.05, 4.69) is 10.3 Å². The Morgan fingerprint density at radius 2 is 1.70 bits per heavy atom. The molecule has 0 spiro atoms. The van der Waals surface area contributed by atoms with E-state index in [1.807, 2.05) is 80.6 Å². The fourth-order valence-electron chi connectivity index (χ4n) is 3.21. The van der Waals surface area contributed by atoms with Gasteiger partial charge in [-0.1, -0.05) is 47.5 Å². The van der Waals surface area contributed by atoms with Gasteiger partial charge in [0.05, 0.1) is 0 Å². The third-order valence-electron chi connectivity index (χ3n) is 4.37. The molecule has 4 nitrogen and oxygen atoms in total. The molecule has 4 heteroatoms. The second kappa shape index (κ2) is 7.08. The highest BCUT2D eigenvalue weighted by molar-refractivity contribution is 6.05. The number of nitrogens with zero attached hydrogens (tertiary/aromatic N) is 1. The van der Waals surface area contributed by atoms with Crippen molar-refractivity contribution in [1.29, 1.82) is 0 Å². The van der Waals surface area contributed by atoms with Crippen LogP contribution in [0.1, 0.15) is 32.9 Å². The van der Waals surface area contributed by atoms with Crippen LogP contribution in [0, 0.1) is 13.8 Å². The number of rotatable bonds is 4. The van der Waals surface area contributed by atoms with E-state index in [0.717, 1.165) is 22.2 Å². The van der Waals surface area contributed by atoms with E-state index in [-0.39, 0.29) is 5.91 Å². The molecule has 1 aromatic heterocycles. The van der Waals surface area contributed by atoms with Crippen molar-refractivity contribution in [1.82, 2.24) is 4.98 Å². The molecule has 3 aromatic carbocycles. The highest BCUT2D eigenvalue weighted by Gasteiger charge is 2.11. The predicted molar refractivity (Wildman–Crippen MR) is 107 cm³/mol. The Labute approximate surface area is 157 Å². The van der Waals surface area contributed by atoms with E-state index in [0.29, 0.717) is 29.1 Å². The summed E-state index contributed by atoms with van der Waals surface area (Å²) < 4.78 is 5.82. The van der Waals surface area contributed by atoms with E-state index in [1.54, 1.807) is 0 Å². The molecule has 1 amide bonds. The molecule has 0 fully saturated rings. The van der Waals surface area contributed by atoms with Gasteiger partial charge < -0.3 is 9.73 Å². The van der Waals surface area contributed by atoms with Gasteiger partial charge in [-0.25, -0.2) is 4.98 Å². The maximum absolute atomic E-state index is 12.5. The lowest BCUT2D eigenvalue weighted by Crippen LogP contribution is -2.12. The number of benzene rings is 3. The van der Waals surface area contributed by atoms with Crippen LogP contribution in [-0.2, 0) is 6.42 Å². The maximum atomic E-state index is 12.5. The van der Waals surface area contributed by atoms with Crippen molar-refractivity contribution in [2.75, 3.05) is 5.32 Å². The summed E-state index contributed by atoms with van der Waals surface area (Å²) in [5.41, 5.74) is 6.08. The molecule has 0 aliphatic carbocycles. The van der Waals surface area contributed by atoms with E-state index in [9.17, 15) is 4.79 Å². The average Bonchev–Trinajstić information content (AvgIpc) is 3.03. The molecule has 1 N–H and O–H groups in total. The Balaban J connectivity index is 1.55. The number of nitrogens with one attached hydrogen (secondary N) is 1. The first kappa shape index (κ1) is 17.0. The number of aryl methyl sites for hydroxylation is 2. The van der Waals surface area contributed by atoms with Crippen LogP contribution in [0.2, 0.25) is 0 Å². The van der Waals surface area contributed by atoms with Gasteiger partial charge in [-0.2, -0.15) is 0 Å². The highest BCUT2D eigenvalue weighted by Crippen LogP contribution is 2.22. The number of anilines is 1. The molecule has 0 atom stereocenters. The van der Waals surface area contributed by atoms with Crippen molar-refractivity contribution in [3.8, 4) is 0 Å². The van der Waals surface area contributed by atoms with Crippen molar-refractivity contribution in [3.63, 3.8) is 0 Å². The number of oxazole rings is 1. The molecular weight excluding hydrogens is 336 g/mol. The number of carbonyl (C=O) groups excluding carboxylic acids is 1. The Morgan fingerprint density at radius 1 is 0.963 bits per heavy atom.